The van der Waals surface area contributed by atoms with E-state index < -0.39 is 0 Å². The Hall–Kier alpha value is -1.35. The van der Waals surface area contributed by atoms with E-state index in [1.165, 1.54) is 0 Å². The van der Waals surface area contributed by atoms with Crippen LogP contribution in [0, 0.1) is 11.3 Å². The van der Waals surface area contributed by atoms with Crippen molar-refractivity contribution in [3.63, 3.8) is 0 Å². The van der Waals surface area contributed by atoms with Crippen molar-refractivity contribution < 1.29 is 4.79 Å². The van der Waals surface area contributed by atoms with Crippen molar-refractivity contribution in [2.75, 3.05) is 11.9 Å². The standard InChI is InChI=1S/C18H30N2O/c1-6-19-13-15-9-7-8-10-16(15)20-17(21)11-14(2)12-18(3,4)5/h7-10,14,19H,6,11-13H2,1-5H3,(H,20,21). The van der Waals surface area contributed by atoms with Gasteiger partial charge in [-0.2, -0.15) is 0 Å². The molecule has 0 aromatic heterocycles. The summed E-state index contributed by atoms with van der Waals surface area (Å²) in [5.41, 5.74) is 2.32. The van der Waals surface area contributed by atoms with E-state index in [2.05, 4.69) is 51.3 Å². The lowest BCUT2D eigenvalue weighted by atomic mass is 9.84. The van der Waals surface area contributed by atoms with Crippen LogP contribution in [0.15, 0.2) is 24.3 Å². The van der Waals surface area contributed by atoms with Crippen molar-refractivity contribution in [3.05, 3.63) is 29.8 Å². The highest BCUT2D eigenvalue weighted by atomic mass is 16.1. The first-order chi connectivity index (χ1) is 9.81. The van der Waals surface area contributed by atoms with Crippen molar-refractivity contribution in [2.24, 2.45) is 11.3 Å². The van der Waals surface area contributed by atoms with Gasteiger partial charge in [0.25, 0.3) is 0 Å². The number of para-hydroxylation sites is 1. The van der Waals surface area contributed by atoms with Gasteiger partial charge < -0.3 is 10.6 Å². The van der Waals surface area contributed by atoms with E-state index in [0.717, 1.165) is 30.8 Å². The van der Waals surface area contributed by atoms with Gasteiger partial charge in [-0.05, 0) is 35.9 Å². The molecule has 1 aromatic carbocycles. The van der Waals surface area contributed by atoms with Gasteiger partial charge in [0, 0.05) is 18.7 Å². The van der Waals surface area contributed by atoms with Crippen LogP contribution in [0.1, 0.15) is 53.0 Å². The lowest BCUT2D eigenvalue weighted by Gasteiger charge is -2.23. The SMILES string of the molecule is CCNCc1ccccc1NC(=O)CC(C)CC(C)(C)C. The molecule has 0 fully saturated rings. The predicted octanol–water partition coefficient (Wildman–Crippen LogP) is 4.20. The molecule has 118 valence electrons. The highest BCUT2D eigenvalue weighted by Crippen LogP contribution is 2.26. The van der Waals surface area contributed by atoms with Crippen molar-refractivity contribution in [2.45, 2.75) is 54.0 Å². The molecule has 0 radical (unpaired) electrons. The van der Waals surface area contributed by atoms with Gasteiger partial charge in [-0.25, -0.2) is 0 Å². The molecule has 3 nitrogen and oxygen atoms in total. The lowest BCUT2D eigenvalue weighted by Crippen LogP contribution is -2.20. The molecule has 1 aromatic rings. The third-order valence-electron chi connectivity index (χ3n) is 3.35. The van der Waals surface area contributed by atoms with Gasteiger partial charge in [0.15, 0.2) is 0 Å². The van der Waals surface area contributed by atoms with E-state index >= 15 is 0 Å². The Morgan fingerprint density at radius 2 is 1.90 bits per heavy atom. The van der Waals surface area contributed by atoms with Crippen LogP contribution in [-0.2, 0) is 11.3 Å². The second kappa shape index (κ2) is 8.18. The largest absolute Gasteiger partial charge is 0.326 e. The summed E-state index contributed by atoms with van der Waals surface area (Å²) in [4.78, 5) is 12.2. The molecule has 1 atom stereocenters. The normalized spacial score (nSPS) is 13.0. The van der Waals surface area contributed by atoms with Crippen LogP contribution in [0.4, 0.5) is 5.69 Å². The zero-order valence-electron chi connectivity index (χ0n) is 14.1. The number of hydrogen-bond acceptors (Lipinski definition) is 2. The minimum atomic E-state index is 0.107. The summed E-state index contributed by atoms with van der Waals surface area (Å²) in [6.07, 6.45) is 1.63. The van der Waals surface area contributed by atoms with E-state index in [1.807, 2.05) is 18.2 Å². The second-order valence-corrected chi connectivity index (χ2v) is 7.06. The van der Waals surface area contributed by atoms with Gasteiger partial charge in [0.1, 0.15) is 0 Å². The van der Waals surface area contributed by atoms with Crippen LogP contribution in [0.5, 0.6) is 0 Å². The Morgan fingerprint density at radius 1 is 1.24 bits per heavy atom. The first-order valence-electron chi connectivity index (χ1n) is 7.90. The van der Waals surface area contributed by atoms with Crippen LogP contribution in [-0.4, -0.2) is 12.5 Å². The minimum Gasteiger partial charge on any atom is -0.326 e. The van der Waals surface area contributed by atoms with E-state index in [1.54, 1.807) is 0 Å². The Kier molecular flexibility index (Phi) is 6.90. The van der Waals surface area contributed by atoms with Gasteiger partial charge in [0.05, 0.1) is 0 Å². The molecule has 3 heteroatoms. The van der Waals surface area contributed by atoms with Crippen LogP contribution in [0.3, 0.4) is 0 Å². The van der Waals surface area contributed by atoms with Crippen molar-refractivity contribution >= 4 is 11.6 Å². The molecule has 0 heterocycles. The van der Waals surface area contributed by atoms with E-state index in [4.69, 9.17) is 0 Å². The number of hydrogen-bond donors (Lipinski definition) is 2. The van der Waals surface area contributed by atoms with Gasteiger partial charge in [-0.3, -0.25) is 4.79 Å². The molecule has 0 bridgehead atoms. The average Bonchev–Trinajstić information content (AvgIpc) is 2.35. The molecular formula is C18H30N2O. The molecule has 1 rings (SSSR count). The number of amides is 1. The molecule has 0 spiro atoms. The molecule has 0 saturated carbocycles. The average molecular weight is 290 g/mol. The number of carbonyl (C=O) groups is 1. The molecule has 2 N–H and O–H groups in total. The predicted molar refractivity (Wildman–Crippen MR) is 90.3 cm³/mol. The fourth-order valence-corrected chi connectivity index (χ4v) is 2.69. The monoisotopic (exact) mass is 290 g/mol. The smallest absolute Gasteiger partial charge is 0.224 e. The fourth-order valence-electron chi connectivity index (χ4n) is 2.69. The number of nitrogens with one attached hydrogen (secondary N) is 2. The molecule has 1 unspecified atom stereocenters. The molecule has 21 heavy (non-hydrogen) atoms. The summed E-state index contributed by atoms with van der Waals surface area (Å²) < 4.78 is 0. The van der Waals surface area contributed by atoms with Gasteiger partial charge in [-0.15, -0.1) is 0 Å². The Bertz CT molecular complexity index is 449. The van der Waals surface area contributed by atoms with Gasteiger partial charge in [0.2, 0.25) is 5.91 Å². The Balaban J connectivity index is 2.58. The number of rotatable bonds is 7. The van der Waals surface area contributed by atoms with Crippen molar-refractivity contribution in [1.29, 1.82) is 0 Å². The quantitative estimate of drug-likeness (QED) is 0.790. The van der Waals surface area contributed by atoms with E-state index in [0.29, 0.717) is 12.3 Å². The van der Waals surface area contributed by atoms with Gasteiger partial charge >= 0.3 is 0 Å². The van der Waals surface area contributed by atoms with Crippen LogP contribution in [0.25, 0.3) is 0 Å². The Labute approximate surface area is 129 Å². The maximum absolute atomic E-state index is 12.2. The number of benzene rings is 1. The van der Waals surface area contributed by atoms with Crippen LogP contribution in [0.2, 0.25) is 0 Å². The molecular weight excluding hydrogens is 260 g/mol. The van der Waals surface area contributed by atoms with Crippen LogP contribution >= 0.6 is 0 Å². The zero-order valence-corrected chi connectivity index (χ0v) is 14.1. The summed E-state index contributed by atoms with van der Waals surface area (Å²) >= 11 is 0. The summed E-state index contributed by atoms with van der Waals surface area (Å²) in [5, 5.41) is 6.36. The summed E-state index contributed by atoms with van der Waals surface area (Å²) in [7, 11) is 0. The lowest BCUT2D eigenvalue weighted by molar-refractivity contribution is -0.117. The molecule has 0 aliphatic heterocycles. The molecule has 1 amide bonds. The maximum Gasteiger partial charge on any atom is 0.224 e. The highest BCUT2D eigenvalue weighted by Gasteiger charge is 2.18. The third-order valence-corrected chi connectivity index (χ3v) is 3.35. The van der Waals surface area contributed by atoms with Crippen LogP contribution < -0.4 is 10.6 Å². The zero-order chi connectivity index (χ0) is 15.9. The molecule has 0 aliphatic rings. The third kappa shape index (κ3) is 7.28. The summed E-state index contributed by atoms with van der Waals surface area (Å²) in [5.74, 6) is 0.502. The van der Waals surface area contributed by atoms with E-state index in [9.17, 15) is 4.79 Å². The number of carbonyl (C=O) groups excluding carboxylic acids is 1. The first kappa shape index (κ1) is 17.7. The molecule has 0 saturated heterocycles. The van der Waals surface area contributed by atoms with E-state index in [-0.39, 0.29) is 11.3 Å². The maximum atomic E-state index is 12.2. The minimum absolute atomic E-state index is 0.107. The van der Waals surface area contributed by atoms with Crippen molar-refractivity contribution in [1.82, 2.24) is 5.32 Å². The fraction of sp³-hybridized carbons (Fsp3) is 0.611. The number of anilines is 1. The highest BCUT2D eigenvalue weighted by molar-refractivity contribution is 5.91. The van der Waals surface area contributed by atoms with Crippen molar-refractivity contribution in [3.8, 4) is 0 Å². The van der Waals surface area contributed by atoms with Gasteiger partial charge in [-0.1, -0.05) is 52.8 Å². The topological polar surface area (TPSA) is 41.1 Å². The second-order valence-electron chi connectivity index (χ2n) is 7.06. The molecule has 0 aliphatic carbocycles. The Morgan fingerprint density at radius 3 is 2.52 bits per heavy atom. The first-order valence-corrected chi connectivity index (χ1v) is 7.90. The summed E-state index contributed by atoms with van der Waals surface area (Å²) in [6, 6.07) is 7.99. The summed E-state index contributed by atoms with van der Waals surface area (Å²) in [6.45, 7) is 12.6.